The van der Waals surface area contributed by atoms with Crippen LogP contribution in [-0.4, -0.2) is 48.1 Å². The van der Waals surface area contributed by atoms with Crippen molar-refractivity contribution in [2.45, 2.75) is 25.5 Å². The van der Waals surface area contributed by atoms with Crippen molar-refractivity contribution in [3.63, 3.8) is 0 Å². The molecule has 1 atom stereocenters. The minimum atomic E-state index is -0.296. The average Bonchev–Trinajstić information content (AvgIpc) is 3.38. The first-order valence-electron chi connectivity index (χ1n) is 9.92. The molecule has 29 heavy (non-hydrogen) atoms. The van der Waals surface area contributed by atoms with E-state index in [9.17, 15) is 4.39 Å². The molecule has 0 N–H and O–H groups in total. The maximum absolute atomic E-state index is 14.3. The first kappa shape index (κ1) is 19.6. The Labute approximate surface area is 170 Å². The van der Waals surface area contributed by atoms with Crippen molar-refractivity contribution < 1.29 is 13.9 Å². The number of benzene rings is 2. The summed E-state index contributed by atoms with van der Waals surface area (Å²) in [6, 6.07) is 14.5. The number of likely N-dealkylation sites (N-methyl/N-ethyl adjacent to an activating group) is 1. The minimum absolute atomic E-state index is 0.283. The molecule has 0 saturated carbocycles. The van der Waals surface area contributed by atoms with Gasteiger partial charge in [0.2, 0.25) is 0 Å². The van der Waals surface area contributed by atoms with Gasteiger partial charge in [0, 0.05) is 37.0 Å². The van der Waals surface area contributed by atoms with Crippen LogP contribution in [0.3, 0.4) is 0 Å². The normalized spacial score (nSPS) is 16.5. The lowest BCUT2D eigenvalue weighted by molar-refractivity contribution is 0.0793. The van der Waals surface area contributed by atoms with E-state index in [1.165, 1.54) is 6.07 Å². The van der Waals surface area contributed by atoms with Crippen molar-refractivity contribution in [3.8, 4) is 22.7 Å². The Balaban J connectivity index is 1.66. The van der Waals surface area contributed by atoms with E-state index in [1.807, 2.05) is 36.5 Å². The number of hydrogen-bond donors (Lipinski definition) is 0. The van der Waals surface area contributed by atoms with E-state index in [-0.39, 0.29) is 11.9 Å². The molecule has 0 unspecified atom stereocenters. The van der Waals surface area contributed by atoms with Gasteiger partial charge in [-0.3, -0.25) is 4.90 Å². The Hall–Kier alpha value is -2.70. The SMILES string of the molecule is COc1ccc(-c2nn(-c3ccccc3F)cc2CN(C)C[C@H]2CCCO2)cc1. The summed E-state index contributed by atoms with van der Waals surface area (Å²) in [5.74, 6) is 0.495. The van der Waals surface area contributed by atoms with Gasteiger partial charge in [0.25, 0.3) is 0 Å². The van der Waals surface area contributed by atoms with E-state index in [1.54, 1.807) is 23.9 Å². The van der Waals surface area contributed by atoms with Gasteiger partial charge in [-0.2, -0.15) is 5.10 Å². The van der Waals surface area contributed by atoms with Gasteiger partial charge in [0.05, 0.1) is 18.9 Å². The van der Waals surface area contributed by atoms with Crippen molar-refractivity contribution in [1.29, 1.82) is 0 Å². The molecule has 6 heteroatoms. The van der Waals surface area contributed by atoms with Crippen molar-refractivity contribution in [2.75, 3.05) is 27.3 Å². The summed E-state index contributed by atoms with van der Waals surface area (Å²) in [7, 11) is 3.73. The van der Waals surface area contributed by atoms with Crippen LogP contribution in [0.1, 0.15) is 18.4 Å². The lowest BCUT2D eigenvalue weighted by Crippen LogP contribution is -2.28. The zero-order chi connectivity index (χ0) is 20.2. The lowest BCUT2D eigenvalue weighted by atomic mass is 10.1. The van der Waals surface area contributed by atoms with Gasteiger partial charge in [-0.25, -0.2) is 9.07 Å². The van der Waals surface area contributed by atoms with Crippen LogP contribution >= 0.6 is 0 Å². The Morgan fingerprint density at radius 2 is 2.00 bits per heavy atom. The second-order valence-electron chi connectivity index (χ2n) is 7.46. The maximum Gasteiger partial charge on any atom is 0.148 e. The molecule has 2 heterocycles. The first-order valence-corrected chi connectivity index (χ1v) is 9.92. The summed E-state index contributed by atoms with van der Waals surface area (Å²) in [5, 5.41) is 4.73. The van der Waals surface area contributed by atoms with Crippen LogP contribution in [0, 0.1) is 5.82 Å². The van der Waals surface area contributed by atoms with Gasteiger partial charge >= 0.3 is 0 Å². The highest BCUT2D eigenvalue weighted by molar-refractivity contribution is 5.64. The largest absolute Gasteiger partial charge is 0.497 e. The Bertz CT molecular complexity index is 949. The van der Waals surface area contributed by atoms with E-state index in [0.717, 1.165) is 48.6 Å². The number of hydrogen-bond acceptors (Lipinski definition) is 4. The Morgan fingerprint density at radius 3 is 2.69 bits per heavy atom. The summed E-state index contributed by atoms with van der Waals surface area (Å²) in [5.41, 5.74) is 3.30. The Morgan fingerprint density at radius 1 is 1.21 bits per heavy atom. The van der Waals surface area contributed by atoms with E-state index >= 15 is 0 Å². The lowest BCUT2D eigenvalue weighted by Gasteiger charge is -2.20. The molecule has 1 fully saturated rings. The highest BCUT2D eigenvalue weighted by Crippen LogP contribution is 2.27. The van der Waals surface area contributed by atoms with Crippen LogP contribution in [0.5, 0.6) is 5.75 Å². The fraction of sp³-hybridized carbons (Fsp3) is 0.348. The molecule has 2 aromatic carbocycles. The van der Waals surface area contributed by atoms with Crippen LogP contribution in [0.4, 0.5) is 4.39 Å². The summed E-state index contributed by atoms with van der Waals surface area (Å²) >= 11 is 0. The fourth-order valence-electron chi connectivity index (χ4n) is 3.77. The van der Waals surface area contributed by atoms with Gasteiger partial charge in [-0.05, 0) is 56.3 Å². The zero-order valence-corrected chi connectivity index (χ0v) is 16.8. The van der Waals surface area contributed by atoms with Crippen LogP contribution < -0.4 is 4.74 Å². The molecule has 152 valence electrons. The summed E-state index contributed by atoms with van der Waals surface area (Å²) in [6.07, 6.45) is 4.43. The number of ether oxygens (including phenoxy) is 2. The van der Waals surface area contributed by atoms with Gasteiger partial charge in [-0.1, -0.05) is 12.1 Å². The van der Waals surface area contributed by atoms with Gasteiger partial charge in [0.1, 0.15) is 17.3 Å². The molecule has 5 nitrogen and oxygen atoms in total. The molecule has 0 radical (unpaired) electrons. The third kappa shape index (κ3) is 4.49. The van der Waals surface area contributed by atoms with Crippen molar-refractivity contribution in [2.24, 2.45) is 0 Å². The van der Waals surface area contributed by atoms with E-state index in [4.69, 9.17) is 14.6 Å². The monoisotopic (exact) mass is 395 g/mol. The van der Waals surface area contributed by atoms with Crippen LogP contribution in [0.25, 0.3) is 16.9 Å². The standard InChI is InChI=1S/C23H26FN3O2/c1-26(16-20-6-5-13-29-20)14-18-15-27(22-8-4-3-7-21(22)24)25-23(18)17-9-11-19(28-2)12-10-17/h3-4,7-12,15,20H,5-6,13-14,16H2,1-2H3/t20-/m1/s1. The third-order valence-corrected chi connectivity index (χ3v) is 5.23. The zero-order valence-electron chi connectivity index (χ0n) is 16.8. The quantitative estimate of drug-likeness (QED) is 0.598. The van der Waals surface area contributed by atoms with Gasteiger partial charge in [-0.15, -0.1) is 0 Å². The third-order valence-electron chi connectivity index (χ3n) is 5.23. The predicted molar refractivity (Wildman–Crippen MR) is 111 cm³/mol. The van der Waals surface area contributed by atoms with Crippen LogP contribution in [-0.2, 0) is 11.3 Å². The number of methoxy groups -OCH3 is 1. The first-order chi connectivity index (χ1) is 14.1. The van der Waals surface area contributed by atoms with Gasteiger partial charge < -0.3 is 9.47 Å². The second kappa shape index (κ2) is 8.76. The molecule has 1 saturated heterocycles. The molecular weight excluding hydrogens is 369 g/mol. The van der Waals surface area contributed by atoms with Crippen LogP contribution in [0.2, 0.25) is 0 Å². The molecule has 1 aliphatic rings. The average molecular weight is 395 g/mol. The molecule has 0 aliphatic carbocycles. The number of nitrogens with zero attached hydrogens (tertiary/aromatic N) is 3. The van der Waals surface area contributed by atoms with E-state index in [0.29, 0.717) is 12.2 Å². The molecule has 4 rings (SSSR count). The number of aromatic nitrogens is 2. The van der Waals surface area contributed by atoms with Crippen molar-refractivity contribution in [3.05, 3.63) is 66.1 Å². The minimum Gasteiger partial charge on any atom is -0.497 e. The summed E-state index contributed by atoms with van der Waals surface area (Å²) in [4.78, 5) is 2.24. The Kier molecular flexibility index (Phi) is 5.92. The molecule has 1 aliphatic heterocycles. The molecule has 3 aromatic rings. The van der Waals surface area contributed by atoms with E-state index in [2.05, 4.69) is 11.9 Å². The molecule has 0 amide bonds. The fourth-order valence-corrected chi connectivity index (χ4v) is 3.77. The maximum atomic E-state index is 14.3. The highest BCUT2D eigenvalue weighted by atomic mass is 19.1. The molecule has 1 aromatic heterocycles. The second-order valence-corrected chi connectivity index (χ2v) is 7.46. The van der Waals surface area contributed by atoms with E-state index < -0.39 is 0 Å². The predicted octanol–water partition coefficient (Wildman–Crippen LogP) is 4.30. The number of para-hydroxylation sites is 1. The molecule has 0 spiro atoms. The van der Waals surface area contributed by atoms with Gasteiger partial charge in [0.15, 0.2) is 0 Å². The highest BCUT2D eigenvalue weighted by Gasteiger charge is 2.20. The van der Waals surface area contributed by atoms with Crippen LogP contribution in [0.15, 0.2) is 54.7 Å². The molecular formula is C23H26FN3O2. The number of halogens is 1. The summed E-state index contributed by atoms with van der Waals surface area (Å²) < 4.78 is 27.0. The summed E-state index contributed by atoms with van der Waals surface area (Å²) in [6.45, 7) is 2.42. The van der Waals surface area contributed by atoms with Crippen molar-refractivity contribution in [1.82, 2.24) is 14.7 Å². The topological polar surface area (TPSA) is 39.5 Å². The molecule has 0 bridgehead atoms. The number of rotatable bonds is 7. The van der Waals surface area contributed by atoms with Crippen molar-refractivity contribution >= 4 is 0 Å². The smallest absolute Gasteiger partial charge is 0.148 e.